The lowest BCUT2D eigenvalue weighted by Crippen LogP contribution is -2.38. The summed E-state index contributed by atoms with van der Waals surface area (Å²) in [4.78, 5) is 12.8. The summed E-state index contributed by atoms with van der Waals surface area (Å²) in [7, 11) is 0. The fourth-order valence-electron chi connectivity index (χ4n) is 2.73. The van der Waals surface area contributed by atoms with E-state index in [4.69, 9.17) is 0 Å². The zero-order valence-corrected chi connectivity index (χ0v) is 11.3. The summed E-state index contributed by atoms with van der Waals surface area (Å²) >= 11 is 0. The second-order valence-corrected chi connectivity index (χ2v) is 5.33. The number of carboxylic acids is 1. The Labute approximate surface area is 119 Å². The number of aliphatic carboxylic acids is 1. The van der Waals surface area contributed by atoms with E-state index >= 15 is 0 Å². The van der Waals surface area contributed by atoms with Gasteiger partial charge in [-0.3, -0.25) is 9.69 Å². The van der Waals surface area contributed by atoms with Gasteiger partial charge in [-0.05, 0) is 36.6 Å². The third-order valence-corrected chi connectivity index (χ3v) is 3.78. The first-order valence-corrected chi connectivity index (χ1v) is 6.52. The van der Waals surface area contributed by atoms with Crippen LogP contribution < -0.4 is 0 Å². The van der Waals surface area contributed by atoms with E-state index in [2.05, 4.69) is 0 Å². The molecule has 0 saturated carbocycles. The summed E-state index contributed by atoms with van der Waals surface area (Å²) in [5.41, 5.74) is -1.07. The van der Waals surface area contributed by atoms with Crippen LogP contribution in [0.25, 0.3) is 0 Å². The van der Waals surface area contributed by atoms with Crippen molar-refractivity contribution in [1.29, 1.82) is 0 Å². The Morgan fingerprint density at radius 2 is 2.10 bits per heavy atom. The highest BCUT2D eigenvalue weighted by Crippen LogP contribution is 2.33. The van der Waals surface area contributed by atoms with Crippen molar-refractivity contribution in [2.45, 2.75) is 32.1 Å². The van der Waals surface area contributed by atoms with Gasteiger partial charge in [-0.1, -0.05) is 13.0 Å². The minimum absolute atomic E-state index is 0.0602. The largest absolute Gasteiger partial charge is 0.480 e. The Hall–Kier alpha value is -1.63. The van der Waals surface area contributed by atoms with E-state index in [0.717, 1.165) is 12.1 Å². The molecule has 0 aromatic heterocycles. The fourth-order valence-corrected chi connectivity index (χ4v) is 2.73. The highest BCUT2D eigenvalue weighted by molar-refractivity contribution is 5.74. The van der Waals surface area contributed by atoms with Crippen molar-refractivity contribution in [1.82, 2.24) is 4.90 Å². The number of benzene rings is 1. The molecule has 1 aliphatic heterocycles. The van der Waals surface area contributed by atoms with Crippen molar-refractivity contribution in [2.24, 2.45) is 5.92 Å². The molecule has 2 atom stereocenters. The van der Waals surface area contributed by atoms with Gasteiger partial charge in [-0.2, -0.15) is 13.2 Å². The molecule has 0 radical (unpaired) electrons. The molecule has 1 N–H and O–H groups in total. The van der Waals surface area contributed by atoms with Crippen LogP contribution in [-0.2, 0) is 17.5 Å². The van der Waals surface area contributed by atoms with Crippen LogP contribution in [0.2, 0.25) is 0 Å². The number of carbonyl (C=O) groups is 1. The summed E-state index contributed by atoms with van der Waals surface area (Å²) in [6, 6.07) is 2.06. The molecule has 1 aromatic rings. The van der Waals surface area contributed by atoms with Crippen molar-refractivity contribution < 1.29 is 27.5 Å². The zero-order chi connectivity index (χ0) is 15.8. The molecular formula is C14H15F4NO2. The molecule has 0 amide bonds. The Balaban J connectivity index is 2.22. The number of rotatable bonds is 3. The SMILES string of the molecule is CC1CCN(Cc2ccc(F)c(C(F)(F)F)c2)C1C(=O)O. The Morgan fingerprint density at radius 3 is 2.67 bits per heavy atom. The summed E-state index contributed by atoms with van der Waals surface area (Å²) < 4.78 is 51.2. The predicted octanol–water partition coefficient (Wildman–Crippen LogP) is 3.14. The van der Waals surface area contributed by atoms with Gasteiger partial charge in [-0.15, -0.1) is 0 Å². The Morgan fingerprint density at radius 1 is 1.43 bits per heavy atom. The van der Waals surface area contributed by atoms with E-state index in [1.165, 1.54) is 6.07 Å². The van der Waals surface area contributed by atoms with Crippen molar-refractivity contribution >= 4 is 5.97 Å². The zero-order valence-electron chi connectivity index (χ0n) is 11.3. The Kier molecular flexibility index (Phi) is 4.22. The first-order chi connectivity index (χ1) is 9.70. The van der Waals surface area contributed by atoms with Gasteiger partial charge in [0.05, 0.1) is 5.56 Å². The van der Waals surface area contributed by atoms with Crippen LogP contribution in [0.5, 0.6) is 0 Å². The maximum absolute atomic E-state index is 13.2. The topological polar surface area (TPSA) is 40.5 Å². The predicted molar refractivity (Wildman–Crippen MR) is 67.0 cm³/mol. The number of nitrogens with zero attached hydrogens (tertiary/aromatic N) is 1. The van der Waals surface area contributed by atoms with Gasteiger partial charge in [0.1, 0.15) is 11.9 Å². The molecule has 1 aromatic carbocycles. The molecule has 0 aliphatic carbocycles. The normalized spacial score (nSPS) is 23.5. The maximum Gasteiger partial charge on any atom is 0.419 e. The van der Waals surface area contributed by atoms with Gasteiger partial charge in [-0.25, -0.2) is 4.39 Å². The van der Waals surface area contributed by atoms with Gasteiger partial charge >= 0.3 is 12.1 Å². The summed E-state index contributed by atoms with van der Waals surface area (Å²) in [5.74, 6) is -2.38. The first-order valence-electron chi connectivity index (χ1n) is 6.52. The van der Waals surface area contributed by atoms with Crippen LogP contribution >= 0.6 is 0 Å². The standard InChI is InChI=1S/C14H15F4NO2/c1-8-4-5-19(12(8)13(20)21)7-9-2-3-11(15)10(6-9)14(16,17)18/h2-3,6,8,12H,4-5,7H2,1H3,(H,20,21). The molecule has 3 nitrogen and oxygen atoms in total. The summed E-state index contributed by atoms with van der Waals surface area (Å²) in [6.45, 7) is 2.35. The van der Waals surface area contributed by atoms with Crippen molar-refractivity contribution in [3.05, 3.63) is 35.1 Å². The lowest BCUT2D eigenvalue weighted by molar-refractivity contribution is -0.144. The number of hydrogen-bond donors (Lipinski definition) is 1. The smallest absolute Gasteiger partial charge is 0.419 e. The van der Waals surface area contributed by atoms with E-state index in [9.17, 15) is 27.5 Å². The number of halogens is 4. The minimum atomic E-state index is -4.76. The molecule has 0 bridgehead atoms. The molecular weight excluding hydrogens is 290 g/mol. The molecule has 2 rings (SSSR count). The van der Waals surface area contributed by atoms with Crippen molar-refractivity contribution in [3.8, 4) is 0 Å². The third-order valence-electron chi connectivity index (χ3n) is 3.78. The number of carboxylic acid groups (broad SMARTS) is 1. The van der Waals surface area contributed by atoms with Gasteiger partial charge in [0.25, 0.3) is 0 Å². The fraction of sp³-hybridized carbons (Fsp3) is 0.500. The second-order valence-electron chi connectivity index (χ2n) is 5.33. The van der Waals surface area contributed by atoms with E-state index in [1.807, 2.05) is 0 Å². The molecule has 1 fully saturated rings. The van der Waals surface area contributed by atoms with E-state index in [-0.39, 0.29) is 18.0 Å². The molecule has 2 unspecified atom stereocenters. The molecule has 1 saturated heterocycles. The second kappa shape index (κ2) is 5.63. The van der Waals surface area contributed by atoms with Crippen LogP contribution in [0.3, 0.4) is 0 Å². The van der Waals surface area contributed by atoms with Gasteiger partial charge in [0, 0.05) is 6.54 Å². The van der Waals surface area contributed by atoms with Crippen LogP contribution in [0, 0.1) is 11.7 Å². The van der Waals surface area contributed by atoms with Crippen LogP contribution in [0.1, 0.15) is 24.5 Å². The molecule has 0 spiro atoms. The molecule has 1 heterocycles. The van der Waals surface area contributed by atoms with Crippen LogP contribution in [0.4, 0.5) is 17.6 Å². The lowest BCUT2D eigenvalue weighted by atomic mass is 10.0. The van der Waals surface area contributed by atoms with Gasteiger partial charge in [0.15, 0.2) is 0 Å². The lowest BCUT2D eigenvalue weighted by Gasteiger charge is -2.23. The molecule has 7 heteroatoms. The quantitative estimate of drug-likeness (QED) is 0.872. The number of hydrogen-bond acceptors (Lipinski definition) is 2. The van der Waals surface area contributed by atoms with Gasteiger partial charge in [0.2, 0.25) is 0 Å². The molecule has 116 valence electrons. The van der Waals surface area contributed by atoms with E-state index < -0.39 is 29.6 Å². The first kappa shape index (κ1) is 15.8. The van der Waals surface area contributed by atoms with Crippen LogP contribution in [0.15, 0.2) is 18.2 Å². The van der Waals surface area contributed by atoms with Crippen molar-refractivity contribution in [3.63, 3.8) is 0 Å². The van der Waals surface area contributed by atoms with Gasteiger partial charge < -0.3 is 5.11 Å². The Bertz CT molecular complexity index is 544. The van der Waals surface area contributed by atoms with Crippen LogP contribution in [-0.4, -0.2) is 28.6 Å². The molecule has 1 aliphatic rings. The average Bonchev–Trinajstić information content (AvgIpc) is 2.71. The van der Waals surface area contributed by atoms with Crippen molar-refractivity contribution in [2.75, 3.05) is 6.54 Å². The maximum atomic E-state index is 13.2. The number of likely N-dealkylation sites (tertiary alicyclic amines) is 1. The third kappa shape index (κ3) is 3.34. The minimum Gasteiger partial charge on any atom is -0.480 e. The highest BCUT2D eigenvalue weighted by atomic mass is 19.4. The molecule has 21 heavy (non-hydrogen) atoms. The summed E-state index contributed by atoms with van der Waals surface area (Å²) in [5, 5.41) is 9.18. The number of alkyl halides is 3. The summed E-state index contributed by atoms with van der Waals surface area (Å²) in [6.07, 6.45) is -4.09. The van der Waals surface area contributed by atoms with E-state index in [0.29, 0.717) is 13.0 Å². The van der Waals surface area contributed by atoms with E-state index in [1.54, 1.807) is 11.8 Å². The average molecular weight is 305 g/mol. The highest BCUT2D eigenvalue weighted by Gasteiger charge is 2.37. The monoisotopic (exact) mass is 305 g/mol.